The highest BCUT2D eigenvalue weighted by molar-refractivity contribution is 7.89. The summed E-state index contributed by atoms with van der Waals surface area (Å²) < 4.78 is 34.0. The van der Waals surface area contributed by atoms with E-state index in [-0.39, 0.29) is 29.6 Å². The average molecular weight is 460 g/mol. The second kappa shape index (κ2) is 9.49. The van der Waals surface area contributed by atoms with Gasteiger partial charge in [-0.3, -0.25) is 14.9 Å². The fraction of sp³-hybridized carbons (Fsp3) is 0.318. The molecule has 0 spiro atoms. The predicted octanol–water partition coefficient (Wildman–Crippen LogP) is 3.28. The van der Waals surface area contributed by atoms with Crippen molar-refractivity contribution in [2.75, 3.05) is 20.2 Å². The van der Waals surface area contributed by atoms with Gasteiger partial charge in [-0.2, -0.15) is 0 Å². The molecule has 0 aliphatic heterocycles. The van der Waals surface area contributed by atoms with Gasteiger partial charge in [0.25, 0.3) is 5.69 Å². The first-order valence-electron chi connectivity index (χ1n) is 10.1. The van der Waals surface area contributed by atoms with Crippen LogP contribution in [0.5, 0.6) is 0 Å². The molecule has 9 nitrogen and oxygen atoms in total. The van der Waals surface area contributed by atoms with Crippen LogP contribution in [0.1, 0.15) is 18.2 Å². The number of hydrogen-bond donors (Lipinski definition) is 0. The van der Waals surface area contributed by atoms with Gasteiger partial charge in [0.1, 0.15) is 6.54 Å². The molecule has 0 bridgehead atoms. The molecule has 0 fully saturated rings. The number of nitro groups is 1. The fourth-order valence-corrected chi connectivity index (χ4v) is 4.84. The van der Waals surface area contributed by atoms with E-state index in [1.54, 1.807) is 6.92 Å². The number of sulfonamides is 1. The Morgan fingerprint density at radius 1 is 1.16 bits per heavy atom. The molecule has 0 aliphatic carbocycles. The highest BCUT2D eigenvalue weighted by atomic mass is 32.2. The summed E-state index contributed by atoms with van der Waals surface area (Å²) in [6, 6.07) is 12.5. The molecule has 3 rings (SSSR count). The summed E-state index contributed by atoms with van der Waals surface area (Å²) in [6.45, 7) is 4.24. The van der Waals surface area contributed by atoms with Crippen LogP contribution in [0.25, 0.3) is 10.9 Å². The molecule has 0 amide bonds. The van der Waals surface area contributed by atoms with Gasteiger partial charge in [-0.1, -0.05) is 18.2 Å². The van der Waals surface area contributed by atoms with Crippen molar-refractivity contribution in [1.29, 1.82) is 0 Å². The minimum absolute atomic E-state index is 0.00735. The van der Waals surface area contributed by atoms with Crippen LogP contribution in [0.4, 0.5) is 5.69 Å². The molecule has 1 aromatic heterocycles. The maximum atomic E-state index is 12.9. The van der Waals surface area contributed by atoms with Gasteiger partial charge in [0.15, 0.2) is 0 Å². The molecule has 0 saturated heterocycles. The van der Waals surface area contributed by atoms with Gasteiger partial charge < -0.3 is 9.30 Å². The van der Waals surface area contributed by atoms with E-state index in [0.29, 0.717) is 13.0 Å². The molecule has 1 heterocycles. The number of carbonyl (C=O) groups excluding carboxylic acids is 1. The second-order valence-corrected chi connectivity index (χ2v) is 9.34. The molecule has 10 heteroatoms. The van der Waals surface area contributed by atoms with E-state index in [1.807, 2.05) is 35.8 Å². The molecule has 0 N–H and O–H groups in total. The summed E-state index contributed by atoms with van der Waals surface area (Å²) in [7, 11) is -2.33. The molecule has 0 aliphatic rings. The Bertz CT molecular complexity index is 1250. The second-order valence-electron chi connectivity index (χ2n) is 7.30. The summed E-state index contributed by atoms with van der Waals surface area (Å²) in [5.41, 5.74) is 2.54. The smallest absolute Gasteiger partial charge is 0.325 e. The number of fused-ring (bicyclic) bond motifs is 1. The van der Waals surface area contributed by atoms with Gasteiger partial charge in [0.2, 0.25) is 10.0 Å². The van der Waals surface area contributed by atoms with Crippen LogP contribution in [0, 0.1) is 17.0 Å². The van der Waals surface area contributed by atoms with E-state index < -0.39 is 14.9 Å². The number of hydrogen-bond acceptors (Lipinski definition) is 6. The number of rotatable bonds is 9. The Morgan fingerprint density at radius 2 is 1.81 bits per heavy atom. The van der Waals surface area contributed by atoms with Crippen molar-refractivity contribution in [3.63, 3.8) is 0 Å². The molecule has 0 saturated carbocycles. The molecule has 3 aromatic rings. The minimum Gasteiger partial charge on any atom is -0.465 e. The van der Waals surface area contributed by atoms with Gasteiger partial charge in [-0.25, -0.2) is 12.7 Å². The first-order chi connectivity index (χ1) is 15.2. The average Bonchev–Trinajstić information content (AvgIpc) is 3.03. The Labute approximate surface area is 186 Å². The number of non-ortho nitro benzene ring substituents is 1. The number of aromatic nitrogens is 1. The minimum atomic E-state index is -3.81. The number of benzene rings is 2. The van der Waals surface area contributed by atoms with Crippen LogP contribution in [0.15, 0.2) is 53.4 Å². The fourth-order valence-electron chi connectivity index (χ4n) is 3.67. The van der Waals surface area contributed by atoms with Crippen LogP contribution >= 0.6 is 0 Å². The number of carbonyl (C=O) groups is 1. The number of esters is 1. The van der Waals surface area contributed by atoms with Gasteiger partial charge in [-0.05, 0) is 44.0 Å². The Balaban J connectivity index is 1.84. The number of nitro benzene ring substituents is 1. The zero-order valence-electron chi connectivity index (χ0n) is 18.1. The summed E-state index contributed by atoms with van der Waals surface area (Å²) in [5, 5.41) is 11.8. The summed E-state index contributed by atoms with van der Waals surface area (Å²) in [5.74, 6) is -0.333. The van der Waals surface area contributed by atoms with E-state index in [4.69, 9.17) is 4.74 Å². The largest absolute Gasteiger partial charge is 0.465 e. The lowest BCUT2D eigenvalue weighted by molar-refractivity contribution is -0.384. The Hall–Kier alpha value is -3.24. The van der Waals surface area contributed by atoms with Crippen LogP contribution in [0.3, 0.4) is 0 Å². The standard InChI is InChI=1S/C22H25N3O6S/c1-4-31-22(26)15-24-16(2)19(20-7-5-6-8-21(20)24)13-14-23(3)32(29,30)18-11-9-17(10-12-18)25(27)28/h5-12H,4,13-15H2,1-3H3. The third-order valence-electron chi connectivity index (χ3n) is 5.39. The van der Waals surface area contributed by atoms with Crippen LogP contribution in [-0.2, 0) is 32.5 Å². The lowest BCUT2D eigenvalue weighted by atomic mass is 10.1. The van der Waals surface area contributed by atoms with E-state index >= 15 is 0 Å². The van der Waals surface area contributed by atoms with Crippen molar-refractivity contribution in [3.05, 3.63) is 69.9 Å². The van der Waals surface area contributed by atoms with Crippen molar-refractivity contribution >= 4 is 32.6 Å². The van der Waals surface area contributed by atoms with E-state index in [2.05, 4.69) is 0 Å². The Kier molecular flexibility index (Phi) is 6.95. The third kappa shape index (κ3) is 4.66. The maximum Gasteiger partial charge on any atom is 0.325 e. The molecule has 32 heavy (non-hydrogen) atoms. The molecular formula is C22H25N3O6S. The molecular weight excluding hydrogens is 434 g/mol. The van der Waals surface area contributed by atoms with Gasteiger partial charge in [0, 0.05) is 42.3 Å². The van der Waals surface area contributed by atoms with Gasteiger partial charge >= 0.3 is 5.97 Å². The lowest BCUT2D eigenvalue weighted by Crippen LogP contribution is -2.29. The molecule has 170 valence electrons. The SMILES string of the molecule is CCOC(=O)Cn1c(C)c(CCN(C)S(=O)(=O)c2ccc([N+](=O)[O-])cc2)c2ccccc21. The lowest BCUT2D eigenvalue weighted by Gasteiger charge is -2.17. The monoisotopic (exact) mass is 459 g/mol. The number of likely N-dealkylation sites (N-methyl/N-ethyl adjacent to an activating group) is 1. The Morgan fingerprint density at radius 3 is 2.44 bits per heavy atom. The van der Waals surface area contributed by atoms with Crippen molar-refractivity contribution in [2.24, 2.45) is 0 Å². The van der Waals surface area contributed by atoms with Crippen molar-refractivity contribution < 1.29 is 22.9 Å². The third-order valence-corrected chi connectivity index (χ3v) is 7.26. The van der Waals surface area contributed by atoms with Crippen molar-refractivity contribution in [2.45, 2.75) is 31.7 Å². The summed E-state index contributed by atoms with van der Waals surface area (Å²) in [6.07, 6.45) is 0.435. The number of ether oxygens (including phenoxy) is 1. The quantitative estimate of drug-likeness (QED) is 0.276. The topological polar surface area (TPSA) is 112 Å². The molecule has 0 radical (unpaired) electrons. The van der Waals surface area contributed by atoms with E-state index in [1.165, 1.54) is 35.6 Å². The van der Waals surface area contributed by atoms with Gasteiger partial charge in [-0.15, -0.1) is 0 Å². The zero-order valence-corrected chi connectivity index (χ0v) is 19.0. The zero-order chi connectivity index (χ0) is 23.5. The van der Waals surface area contributed by atoms with E-state index in [9.17, 15) is 23.3 Å². The molecule has 2 aromatic carbocycles. The molecule has 0 unspecified atom stereocenters. The first-order valence-corrected chi connectivity index (χ1v) is 11.5. The highest BCUT2D eigenvalue weighted by Gasteiger charge is 2.23. The van der Waals surface area contributed by atoms with Crippen LogP contribution < -0.4 is 0 Å². The summed E-state index contributed by atoms with van der Waals surface area (Å²) >= 11 is 0. The molecule has 0 atom stereocenters. The first kappa shape index (κ1) is 23.4. The number of para-hydroxylation sites is 1. The predicted molar refractivity (Wildman–Crippen MR) is 120 cm³/mol. The normalized spacial score (nSPS) is 11.8. The van der Waals surface area contributed by atoms with Crippen molar-refractivity contribution in [3.8, 4) is 0 Å². The summed E-state index contributed by atoms with van der Waals surface area (Å²) in [4.78, 5) is 22.3. The highest BCUT2D eigenvalue weighted by Crippen LogP contribution is 2.27. The van der Waals surface area contributed by atoms with Crippen LogP contribution in [-0.4, -0.2) is 48.4 Å². The van der Waals surface area contributed by atoms with Crippen LogP contribution in [0.2, 0.25) is 0 Å². The van der Waals surface area contributed by atoms with Crippen molar-refractivity contribution in [1.82, 2.24) is 8.87 Å². The van der Waals surface area contributed by atoms with E-state index in [0.717, 1.165) is 22.2 Å². The number of nitrogens with zero attached hydrogens (tertiary/aromatic N) is 3. The maximum absolute atomic E-state index is 12.9. The van der Waals surface area contributed by atoms with Gasteiger partial charge in [0.05, 0.1) is 16.4 Å².